The van der Waals surface area contributed by atoms with Crippen LogP contribution in [0.15, 0.2) is 259 Å². The van der Waals surface area contributed by atoms with Crippen LogP contribution >= 0.6 is 0 Å². The molecule has 0 aliphatic rings. The fraction of sp³-hybridized carbons (Fsp3) is 0. The van der Waals surface area contributed by atoms with Gasteiger partial charge < -0.3 is 4.42 Å². The summed E-state index contributed by atoms with van der Waals surface area (Å²) in [6.07, 6.45) is 0. The van der Waals surface area contributed by atoms with Gasteiger partial charge in [0.05, 0.1) is 11.4 Å². The van der Waals surface area contributed by atoms with Crippen molar-refractivity contribution in [3.8, 4) is 101 Å². The lowest BCUT2D eigenvalue weighted by Crippen LogP contribution is -1.96. The van der Waals surface area contributed by atoms with Crippen molar-refractivity contribution in [2.45, 2.75) is 0 Å². The fourth-order valence-electron chi connectivity index (χ4n) is 9.16. The molecule has 3 nitrogen and oxygen atoms in total. The SMILES string of the molecule is c1ccc(-c2ccc(-c3cc(-c4ccc(-c5nc(-c6ccccc6)cc(-c6ccc7oc8cc(-c9ccccc9)ccc8c7c6)n5)cc4)cc(-c4cccc(-c5ccccc5)c4)c3)cc2)cc1. The molecule has 0 fully saturated rings. The van der Waals surface area contributed by atoms with E-state index in [1.807, 2.05) is 12.1 Å². The van der Waals surface area contributed by atoms with Crippen molar-refractivity contribution in [3.63, 3.8) is 0 Å². The van der Waals surface area contributed by atoms with Crippen molar-refractivity contribution in [2.24, 2.45) is 0 Å². The Morgan fingerprint density at radius 1 is 0.209 bits per heavy atom. The third-order valence-corrected chi connectivity index (χ3v) is 12.7. The number of nitrogens with zero attached hydrogens (tertiary/aromatic N) is 2. The van der Waals surface area contributed by atoms with E-state index in [1.165, 1.54) is 27.8 Å². The summed E-state index contributed by atoms with van der Waals surface area (Å²) in [5, 5.41) is 2.13. The molecule has 0 saturated carbocycles. The highest BCUT2D eigenvalue weighted by Crippen LogP contribution is 2.38. The first kappa shape index (κ1) is 39.7. The van der Waals surface area contributed by atoms with Gasteiger partial charge in [0.1, 0.15) is 11.2 Å². The van der Waals surface area contributed by atoms with Crippen molar-refractivity contribution in [1.82, 2.24) is 9.97 Å². The lowest BCUT2D eigenvalue weighted by Gasteiger charge is -2.14. The molecule has 0 saturated heterocycles. The molecule has 0 spiro atoms. The Hall–Kier alpha value is -8.92. The van der Waals surface area contributed by atoms with Gasteiger partial charge in [0.2, 0.25) is 0 Å². The second-order valence-corrected chi connectivity index (χ2v) is 17.0. The highest BCUT2D eigenvalue weighted by molar-refractivity contribution is 6.07. The standard InChI is InChI=1S/C64H42N2O/c1-5-14-43(15-6-1)46-24-26-47(27-25-46)55-37-56(39-57(38-55)52-23-13-22-51(36-52)44-16-7-2-8-17-44)48-28-30-50(31-29-48)64-65-60(49-20-11-4-12-21-49)42-61(66-64)54-33-35-62-59(40-54)58-34-32-53(41-63(58)67-62)45-18-9-3-10-19-45/h1-42H. The third-order valence-electron chi connectivity index (χ3n) is 12.7. The van der Waals surface area contributed by atoms with Crippen molar-refractivity contribution in [3.05, 3.63) is 255 Å². The number of rotatable bonds is 9. The predicted molar refractivity (Wildman–Crippen MR) is 278 cm³/mol. The summed E-state index contributed by atoms with van der Waals surface area (Å²) in [6, 6.07) is 90.2. The summed E-state index contributed by atoms with van der Waals surface area (Å²) in [5.74, 6) is 0.665. The van der Waals surface area contributed by atoms with Gasteiger partial charge in [-0.3, -0.25) is 0 Å². The maximum atomic E-state index is 6.42. The van der Waals surface area contributed by atoms with E-state index in [0.717, 1.165) is 89.0 Å². The molecule has 0 unspecified atom stereocenters. The highest BCUT2D eigenvalue weighted by Gasteiger charge is 2.16. The molecular formula is C64H42N2O. The largest absolute Gasteiger partial charge is 0.456 e. The molecule has 12 aromatic rings. The smallest absolute Gasteiger partial charge is 0.160 e. The van der Waals surface area contributed by atoms with Gasteiger partial charge in [0.15, 0.2) is 5.82 Å². The minimum absolute atomic E-state index is 0.665. The summed E-state index contributed by atoms with van der Waals surface area (Å²) in [5.41, 5.74) is 20.3. The Balaban J connectivity index is 0.929. The maximum Gasteiger partial charge on any atom is 0.160 e. The average molecular weight is 855 g/mol. The first-order chi connectivity index (χ1) is 33.1. The molecule has 0 aliphatic carbocycles. The van der Waals surface area contributed by atoms with Crippen LogP contribution in [0.2, 0.25) is 0 Å². The number of hydrogen-bond donors (Lipinski definition) is 0. The number of fused-ring (bicyclic) bond motifs is 3. The van der Waals surface area contributed by atoms with Gasteiger partial charge in [-0.15, -0.1) is 0 Å². The summed E-state index contributed by atoms with van der Waals surface area (Å²) in [6.45, 7) is 0. The van der Waals surface area contributed by atoms with E-state index in [1.54, 1.807) is 0 Å². The normalized spacial score (nSPS) is 11.3. The van der Waals surface area contributed by atoms with Crippen LogP contribution in [0.3, 0.4) is 0 Å². The maximum absolute atomic E-state index is 6.42. The van der Waals surface area contributed by atoms with Crippen LogP contribution in [-0.2, 0) is 0 Å². The van der Waals surface area contributed by atoms with Gasteiger partial charge in [-0.25, -0.2) is 9.97 Å². The zero-order chi connectivity index (χ0) is 44.5. The molecule has 0 N–H and O–H groups in total. The first-order valence-corrected chi connectivity index (χ1v) is 22.7. The van der Waals surface area contributed by atoms with E-state index in [4.69, 9.17) is 14.4 Å². The molecule has 314 valence electrons. The van der Waals surface area contributed by atoms with Gasteiger partial charge in [-0.05, 0) is 127 Å². The van der Waals surface area contributed by atoms with Gasteiger partial charge in [-0.1, -0.05) is 194 Å². The van der Waals surface area contributed by atoms with Crippen molar-refractivity contribution in [2.75, 3.05) is 0 Å². The highest BCUT2D eigenvalue weighted by atomic mass is 16.3. The Morgan fingerprint density at radius 2 is 0.582 bits per heavy atom. The molecule has 2 aromatic heterocycles. The average Bonchev–Trinajstić information content (AvgIpc) is 3.79. The molecule has 0 bridgehead atoms. The van der Waals surface area contributed by atoms with Crippen molar-refractivity contribution >= 4 is 21.9 Å². The van der Waals surface area contributed by atoms with Gasteiger partial charge in [0.25, 0.3) is 0 Å². The summed E-state index contributed by atoms with van der Waals surface area (Å²) in [4.78, 5) is 10.4. The van der Waals surface area contributed by atoms with Crippen molar-refractivity contribution in [1.29, 1.82) is 0 Å². The molecule has 3 heteroatoms. The molecular weight excluding hydrogens is 813 g/mol. The van der Waals surface area contributed by atoms with E-state index in [9.17, 15) is 0 Å². The minimum atomic E-state index is 0.665. The molecule has 10 aromatic carbocycles. The lowest BCUT2D eigenvalue weighted by molar-refractivity contribution is 0.669. The lowest BCUT2D eigenvalue weighted by atomic mass is 9.91. The van der Waals surface area contributed by atoms with Gasteiger partial charge in [-0.2, -0.15) is 0 Å². The van der Waals surface area contributed by atoms with Crippen LogP contribution in [0.25, 0.3) is 123 Å². The Labute approximate surface area is 390 Å². The molecule has 12 rings (SSSR count). The molecule has 0 atom stereocenters. The van der Waals surface area contributed by atoms with Crippen LogP contribution in [-0.4, -0.2) is 9.97 Å². The van der Waals surface area contributed by atoms with Crippen LogP contribution in [0.1, 0.15) is 0 Å². The minimum Gasteiger partial charge on any atom is -0.456 e. The van der Waals surface area contributed by atoms with Gasteiger partial charge in [0, 0.05) is 27.5 Å². The number of furan rings is 1. The van der Waals surface area contributed by atoms with E-state index in [-0.39, 0.29) is 0 Å². The second-order valence-electron chi connectivity index (χ2n) is 17.0. The molecule has 0 amide bonds. The first-order valence-electron chi connectivity index (χ1n) is 22.7. The van der Waals surface area contributed by atoms with E-state index in [2.05, 4.69) is 243 Å². The Bertz CT molecular complexity index is 3690. The topological polar surface area (TPSA) is 38.9 Å². The number of aromatic nitrogens is 2. The van der Waals surface area contributed by atoms with E-state index >= 15 is 0 Å². The molecule has 0 radical (unpaired) electrons. The van der Waals surface area contributed by atoms with Crippen LogP contribution in [0, 0.1) is 0 Å². The van der Waals surface area contributed by atoms with Gasteiger partial charge >= 0.3 is 0 Å². The summed E-state index contributed by atoms with van der Waals surface area (Å²) < 4.78 is 6.42. The fourth-order valence-corrected chi connectivity index (χ4v) is 9.16. The quantitative estimate of drug-likeness (QED) is 0.145. The van der Waals surface area contributed by atoms with Crippen LogP contribution < -0.4 is 0 Å². The van der Waals surface area contributed by atoms with Crippen molar-refractivity contribution < 1.29 is 4.42 Å². The van der Waals surface area contributed by atoms with E-state index < -0.39 is 0 Å². The molecule has 0 aliphatic heterocycles. The monoisotopic (exact) mass is 854 g/mol. The second kappa shape index (κ2) is 17.2. The number of benzene rings is 10. The zero-order valence-corrected chi connectivity index (χ0v) is 36.6. The van der Waals surface area contributed by atoms with Crippen LogP contribution in [0.5, 0.6) is 0 Å². The predicted octanol–water partition coefficient (Wildman–Crippen LogP) is 17.4. The summed E-state index contributed by atoms with van der Waals surface area (Å²) in [7, 11) is 0. The Kier molecular flexibility index (Phi) is 10.2. The zero-order valence-electron chi connectivity index (χ0n) is 36.6. The third kappa shape index (κ3) is 8.01. The summed E-state index contributed by atoms with van der Waals surface area (Å²) >= 11 is 0. The Morgan fingerprint density at radius 3 is 1.15 bits per heavy atom. The van der Waals surface area contributed by atoms with E-state index in [0.29, 0.717) is 5.82 Å². The van der Waals surface area contributed by atoms with Crippen LogP contribution in [0.4, 0.5) is 0 Å². The molecule has 2 heterocycles. The molecule has 67 heavy (non-hydrogen) atoms. The number of hydrogen-bond acceptors (Lipinski definition) is 3.